The number of nitrogens with one attached hydrogen (secondary N) is 2. The number of hydrogen-bond donors (Lipinski definition) is 2. The normalized spacial score (nSPS) is 17.8. The minimum Gasteiger partial charge on any atom is -0.497 e. The van der Waals surface area contributed by atoms with Gasteiger partial charge in [-0.15, -0.1) is 0 Å². The highest BCUT2D eigenvalue weighted by Gasteiger charge is 2.57. The zero-order valence-corrected chi connectivity index (χ0v) is 43.9. The first-order chi connectivity index (χ1) is 33.9. The molecule has 4 unspecified atom stereocenters. The zero-order valence-electron chi connectivity index (χ0n) is 42.2. The summed E-state index contributed by atoms with van der Waals surface area (Å²) in [5.41, 5.74) is 1.15. The summed E-state index contributed by atoms with van der Waals surface area (Å²) in [6.45, 7) is 12.9. The molecule has 0 radical (unpaired) electrons. The molecule has 3 aromatic carbocycles. The van der Waals surface area contributed by atoms with E-state index < -0.39 is 19.0 Å². The number of unbranched alkanes of at least 4 members (excludes halogenated alkanes) is 2. The highest BCUT2D eigenvalue weighted by atomic mass is 32.2. The van der Waals surface area contributed by atoms with Gasteiger partial charge in [0.05, 0.1) is 105 Å². The van der Waals surface area contributed by atoms with Crippen molar-refractivity contribution in [2.24, 2.45) is 0 Å². The molecule has 2 saturated heterocycles. The third kappa shape index (κ3) is 17.8. The van der Waals surface area contributed by atoms with Crippen molar-refractivity contribution in [2.75, 3.05) is 106 Å². The van der Waals surface area contributed by atoms with Gasteiger partial charge in [0, 0.05) is 30.6 Å². The Morgan fingerprint density at radius 2 is 1.20 bits per heavy atom. The van der Waals surface area contributed by atoms with Crippen molar-refractivity contribution in [1.29, 1.82) is 0 Å². The van der Waals surface area contributed by atoms with Crippen LogP contribution in [0.15, 0.2) is 78.9 Å². The number of phosphoric acid groups is 1. The van der Waals surface area contributed by atoms with Crippen LogP contribution in [0.25, 0.3) is 0 Å². The second-order valence-corrected chi connectivity index (χ2v) is 20.9. The fraction of sp³-hybridized carbons (Fsp3) is 0.615. The fourth-order valence-electron chi connectivity index (χ4n) is 8.51. The number of nitrogens with zero attached hydrogens (tertiary/aromatic N) is 1. The average molecular weight is 1020 g/mol. The van der Waals surface area contributed by atoms with E-state index in [4.69, 9.17) is 46.7 Å². The molecule has 0 bridgehead atoms. The number of benzene rings is 3. The molecule has 0 aliphatic carbocycles. The molecule has 70 heavy (non-hydrogen) atoms. The van der Waals surface area contributed by atoms with Crippen molar-refractivity contribution in [3.63, 3.8) is 0 Å². The van der Waals surface area contributed by atoms with Crippen LogP contribution in [0.3, 0.4) is 0 Å². The van der Waals surface area contributed by atoms with Gasteiger partial charge in [0.2, 0.25) is 5.91 Å². The molecule has 5 rings (SSSR count). The Morgan fingerprint density at radius 1 is 0.686 bits per heavy atom. The van der Waals surface area contributed by atoms with Crippen LogP contribution < -0.4 is 20.1 Å². The van der Waals surface area contributed by atoms with E-state index in [0.717, 1.165) is 66.2 Å². The number of hydrogen-bond acceptors (Lipinski definition) is 14. The lowest BCUT2D eigenvalue weighted by Crippen LogP contribution is -2.53. The number of rotatable bonds is 36. The number of ether oxygens (including phenoxy) is 7. The minimum absolute atomic E-state index is 0.00423. The standard InChI is InChI=1S/C52H78N3O13PS/c1-7-28-61-30-31-62-32-33-63-34-35-64-36-37-65-38-39-67-69(58,68-51(2,3)4)66-29-13-9-12-27-53-48(56)18-14-17-47-49-46(40-70-47)55(50(57)54-49)52(41-15-10-8-11-16-41,42-19-23-44(59-5)24-20-42)43-21-25-45(60-6)26-22-43/h8,10-11,15-16,19-26,46-47,49H,7,9,12-14,17-18,27-40H2,1-6H3,(H,53,56)(H,54,57). The SMILES string of the molecule is CCCOCCOCCOCCOCCOCCOP(=O)(OCCCCCNC(=O)CCCC1SCC2C1NC(=O)N2C(c1ccccc1)(c1ccc(OC)cc1)c1ccc(OC)cc1)OC(C)(C)C. The second kappa shape index (κ2) is 30.3. The van der Waals surface area contributed by atoms with E-state index in [1.165, 1.54) is 0 Å². The average Bonchev–Trinajstić information content (AvgIpc) is 3.90. The molecule has 0 aromatic heterocycles. The molecule has 2 N–H and O–H groups in total. The van der Waals surface area contributed by atoms with E-state index in [1.807, 2.05) is 83.4 Å². The maximum Gasteiger partial charge on any atom is 0.475 e. The van der Waals surface area contributed by atoms with Crippen LogP contribution in [0, 0.1) is 0 Å². The first-order valence-electron chi connectivity index (χ1n) is 24.8. The molecule has 2 fully saturated rings. The summed E-state index contributed by atoms with van der Waals surface area (Å²) in [5, 5.41) is 6.58. The Kier molecular flexibility index (Phi) is 24.8. The number of phosphoric ester groups is 1. The van der Waals surface area contributed by atoms with Crippen LogP contribution in [-0.4, -0.2) is 146 Å². The Labute approximate surface area is 420 Å². The molecule has 2 heterocycles. The first-order valence-corrected chi connectivity index (χ1v) is 27.3. The summed E-state index contributed by atoms with van der Waals surface area (Å²) in [5.74, 6) is 2.21. The van der Waals surface area contributed by atoms with Crippen molar-refractivity contribution < 1.29 is 60.9 Å². The van der Waals surface area contributed by atoms with E-state index in [0.29, 0.717) is 78.7 Å². The largest absolute Gasteiger partial charge is 0.497 e. The van der Waals surface area contributed by atoms with Gasteiger partial charge in [-0.05, 0) is 100 Å². The number of methoxy groups -OCH3 is 2. The maximum absolute atomic E-state index is 14.4. The number of amides is 3. The lowest BCUT2D eigenvalue weighted by Gasteiger charge is -2.45. The van der Waals surface area contributed by atoms with Gasteiger partial charge < -0.3 is 48.7 Å². The molecule has 3 aromatic rings. The van der Waals surface area contributed by atoms with Gasteiger partial charge in [0.15, 0.2) is 0 Å². The van der Waals surface area contributed by atoms with Crippen molar-refractivity contribution in [3.05, 3.63) is 95.6 Å². The molecule has 18 heteroatoms. The van der Waals surface area contributed by atoms with E-state index in [-0.39, 0.29) is 49.1 Å². The number of urea groups is 1. The summed E-state index contributed by atoms with van der Waals surface area (Å²) >= 11 is 1.86. The predicted octanol–water partition coefficient (Wildman–Crippen LogP) is 8.78. The Bertz CT molecular complexity index is 1950. The number of thioether (sulfide) groups is 1. The van der Waals surface area contributed by atoms with Crippen molar-refractivity contribution in [3.8, 4) is 11.5 Å². The van der Waals surface area contributed by atoms with E-state index in [1.54, 1.807) is 35.0 Å². The maximum atomic E-state index is 14.4. The van der Waals surface area contributed by atoms with Gasteiger partial charge >= 0.3 is 13.9 Å². The molecular weight excluding hydrogens is 938 g/mol. The lowest BCUT2D eigenvalue weighted by atomic mass is 9.74. The number of fused-ring (bicyclic) bond motifs is 1. The second-order valence-electron chi connectivity index (χ2n) is 18.0. The monoisotopic (exact) mass is 1020 g/mol. The topological polar surface area (TPSA) is 171 Å². The quantitative estimate of drug-likeness (QED) is 0.0245. The highest BCUT2D eigenvalue weighted by molar-refractivity contribution is 8.00. The minimum atomic E-state index is -3.85. The molecular formula is C52H78N3O13PS. The molecule has 2 aliphatic rings. The van der Waals surface area contributed by atoms with E-state index >= 15 is 0 Å². The molecule has 390 valence electrons. The van der Waals surface area contributed by atoms with Gasteiger partial charge in [-0.2, -0.15) is 11.8 Å². The summed E-state index contributed by atoms with van der Waals surface area (Å²) in [6, 6.07) is 25.8. The van der Waals surface area contributed by atoms with Crippen LogP contribution in [-0.2, 0) is 52.2 Å². The van der Waals surface area contributed by atoms with Crippen LogP contribution in [0.2, 0.25) is 0 Å². The van der Waals surface area contributed by atoms with Crippen LogP contribution in [0.1, 0.15) is 89.3 Å². The molecule has 16 nitrogen and oxygen atoms in total. The van der Waals surface area contributed by atoms with Gasteiger partial charge in [-0.1, -0.05) is 61.5 Å². The summed E-state index contributed by atoms with van der Waals surface area (Å²) in [6.07, 6.45) is 4.98. The fourth-order valence-corrected chi connectivity index (χ4v) is 11.6. The van der Waals surface area contributed by atoms with Gasteiger partial charge in [-0.25, -0.2) is 9.36 Å². The van der Waals surface area contributed by atoms with E-state index in [9.17, 15) is 14.2 Å². The van der Waals surface area contributed by atoms with Crippen molar-refractivity contribution >= 4 is 31.5 Å². The summed E-state index contributed by atoms with van der Waals surface area (Å²) in [7, 11) is -0.552. The first kappa shape index (κ1) is 57.2. The molecule has 4 atom stereocenters. The number of carbonyl (C=O) groups is 2. The Morgan fingerprint density at radius 3 is 1.73 bits per heavy atom. The van der Waals surface area contributed by atoms with Gasteiger partial charge in [-0.3, -0.25) is 18.4 Å². The van der Waals surface area contributed by atoms with Crippen LogP contribution >= 0.6 is 19.6 Å². The van der Waals surface area contributed by atoms with Crippen LogP contribution in [0.5, 0.6) is 11.5 Å². The molecule has 0 saturated carbocycles. The zero-order chi connectivity index (χ0) is 50.1. The third-order valence-electron chi connectivity index (χ3n) is 11.7. The van der Waals surface area contributed by atoms with Crippen molar-refractivity contribution in [1.82, 2.24) is 15.5 Å². The number of carbonyl (C=O) groups excluding carboxylic acids is 2. The lowest BCUT2D eigenvalue weighted by molar-refractivity contribution is -0.121. The third-order valence-corrected chi connectivity index (χ3v) is 14.9. The molecule has 3 amide bonds. The molecule has 0 spiro atoms. The Balaban J connectivity index is 0.992. The Hall–Kier alpha value is -3.74. The highest BCUT2D eigenvalue weighted by Crippen LogP contribution is 2.53. The van der Waals surface area contributed by atoms with Gasteiger partial charge in [0.1, 0.15) is 17.0 Å². The smallest absolute Gasteiger partial charge is 0.475 e. The summed E-state index contributed by atoms with van der Waals surface area (Å²) < 4.78 is 68.9. The molecule has 2 aliphatic heterocycles. The predicted molar refractivity (Wildman–Crippen MR) is 272 cm³/mol. The summed E-state index contributed by atoms with van der Waals surface area (Å²) in [4.78, 5) is 29.4. The van der Waals surface area contributed by atoms with Gasteiger partial charge in [0.25, 0.3) is 0 Å². The van der Waals surface area contributed by atoms with Crippen molar-refractivity contribution in [2.45, 2.75) is 101 Å². The van der Waals surface area contributed by atoms with E-state index in [2.05, 4.69) is 29.7 Å². The van der Waals surface area contributed by atoms with Crippen LogP contribution in [0.4, 0.5) is 4.79 Å².